The molecule has 0 bridgehead atoms. The van der Waals surface area contributed by atoms with Crippen LogP contribution in [0.3, 0.4) is 0 Å². The highest BCUT2D eigenvalue weighted by Crippen LogP contribution is 2.41. The fourth-order valence-electron chi connectivity index (χ4n) is 2.60. The van der Waals surface area contributed by atoms with Crippen molar-refractivity contribution < 1.29 is 0 Å². The van der Waals surface area contributed by atoms with Crippen molar-refractivity contribution in [2.45, 2.75) is 23.3 Å². The highest BCUT2D eigenvalue weighted by molar-refractivity contribution is 7.99. The van der Waals surface area contributed by atoms with Crippen LogP contribution in [0.1, 0.15) is 17.0 Å². The summed E-state index contributed by atoms with van der Waals surface area (Å²) >= 11 is 8.12. The van der Waals surface area contributed by atoms with Gasteiger partial charge in [0.05, 0.1) is 0 Å². The second-order valence-corrected chi connectivity index (χ2v) is 6.38. The van der Waals surface area contributed by atoms with E-state index in [2.05, 4.69) is 30.3 Å². The van der Waals surface area contributed by atoms with Gasteiger partial charge in [0.15, 0.2) is 0 Å². The Kier molecular flexibility index (Phi) is 3.83. The van der Waals surface area contributed by atoms with Gasteiger partial charge in [-0.2, -0.15) is 0 Å². The molecule has 0 saturated heterocycles. The van der Waals surface area contributed by atoms with Crippen LogP contribution in [0.25, 0.3) is 0 Å². The van der Waals surface area contributed by atoms with Crippen LogP contribution in [0.2, 0.25) is 5.02 Å². The van der Waals surface area contributed by atoms with Gasteiger partial charge in [0, 0.05) is 27.6 Å². The molecule has 1 nitrogen and oxygen atoms in total. The molecule has 0 aromatic heterocycles. The summed E-state index contributed by atoms with van der Waals surface area (Å²) in [4.78, 5) is 1.38. The molecule has 3 rings (SSSR count). The van der Waals surface area contributed by atoms with Crippen LogP contribution in [-0.4, -0.2) is 11.8 Å². The van der Waals surface area contributed by atoms with E-state index < -0.39 is 0 Å². The third-order valence-corrected chi connectivity index (χ3v) is 5.24. The van der Waals surface area contributed by atoms with Crippen LogP contribution in [0.4, 0.5) is 0 Å². The third kappa shape index (κ3) is 2.66. The Morgan fingerprint density at radius 3 is 2.74 bits per heavy atom. The van der Waals surface area contributed by atoms with Crippen molar-refractivity contribution in [1.82, 2.24) is 0 Å². The van der Waals surface area contributed by atoms with Crippen molar-refractivity contribution in [1.29, 1.82) is 0 Å². The molecule has 98 valence electrons. The molecule has 1 aliphatic rings. The van der Waals surface area contributed by atoms with Gasteiger partial charge < -0.3 is 5.73 Å². The van der Waals surface area contributed by atoms with Crippen molar-refractivity contribution in [3.63, 3.8) is 0 Å². The summed E-state index contributed by atoms with van der Waals surface area (Å²) in [5, 5.41) is 0.817. The van der Waals surface area contributed by atoms with Gasteiger partial charge in [0.25, 0.3) is 0 Å². The molecule has 2 unspecified atom stereocenters. The van der Waals surface area contributed by atoms with Crippen molar-refractivity contribution in [2.75, 3.05) is 5.75 Å². The van der Waals surface area contributed by atoms with Gasteiger partial charge in [-0.3, -0.25) is 0 Å². The molecule has 0 aliphatic carbocycles. The standard InChI is InChI=1S/C16H16ClNS/c17-14-7-3-1-5-11(14)9-15(18)13-10-19-16-8-4-2-6-12(13)16/h1-8,13,15H,9-10,18H2. The highest BCUT2D eigenvalue weighted by Gasteiger charge is 2.28. The summed E-state index contributed by atoms with van der Waals surface area (Å²) in [7, 11) is 0. The van der Waals surface area contributed by atoms with Crippen molar-refractivity contribution in [3.8, 4) is 0 Å². The predicted octanol–water partition coefficient (Wildman–Crippen LogP) is 4.10. The van der Waals surface area contributed by atoms with Crippen LogP contribution >= 0.6 is 23.4 Å². The fourth-order valence-corrected chi connectivity index (χ4v) is 4.16. The summed E-state index contributed by atoms with van der Waals surface area (Å²) in [5.41, 5.74) is 8.96. The van der Waals surface area contributed by atoms with E-state index in [0.717, 1.165) is 22.8 Å². The smallest absolute Gasteiger partial charge is 0.0438 e. The number of halogens is 1. The summed E-state index contributed by atoms with van der Waals surface area (Å²) in [6.45, 7) is 0. The SMILES string of the molecule is NC(Cc1ccccc1Cl)C1CSc2ccccc21. The predicted molar refractivity (Wildman–Crippen MR) is 83.0 cm³/mol. The summed E-state index contributed by atoms with van der Waals surface area (Å²) < 4.78 is 0. The molecule has 0 radical (unpaired) electrons. The van der Waals surface area contributed by atoms with Gasteiger partial charge in [0.2, 0.25) is 0 Å². The molecule has 2 aromatic rings. The average Bonchev–Trinajstić information content (AvgIpc) is 2.85. The number of benzene rings is 2. The first-order valence-corrected chi connectivity index (χ1v) is 7.83. The number of thioether (sulfide) groups is 1. The first-order valence-electron chi connectivity index (χ1n) is 6.46. The highest BCUT2D eigenvalue weighted by atomic mass is 35.5. The average molecular weight is 290 g/mol. The molecule has 2 N–H and O–H groups in total. The second-order valence-electron chi connectivity index (χ2n) is 4.91. The third-order valence-electron chi connectivity index (χ3n) is 3.67. The number of hydrogen-bond donors (Lipinski definition) is 1. The van der Waals surface area contributed by atoms with E-state index in [9.17, 15) is 0 Å². The van der Waals surface area contributed by atoms with E-state index in [4.69, 9.17) is 17.3 Å². The van der Waals surface area contributed by atoms with E-state index in [1.807, 2.05) is 30.0 Å². The van der Waals surface area contributed by atoms with Crippen LogP contribution < -0.4 is 5.73 Å². The summed E-state index contributed by atoms with van der Waals surface area (Å²) in [5.74, 6) is 1.50. The van der Waals surface area contributed by atoms with Gasteiger partial charge >= 0.3 is 0 Å². The lowest BCUT2D eigenvalue weighted by Crippen LogP contribution is -2.31. The van der Waals surface area contributed by atoms with Gasteiger partial charge in [-0.1, -0.05) is 48.0 Å². The van der Waals surface area contributed by atoms with E-state index >= 15 is 0 Å². The van der Waals surface area contributed by atoms with Crippen molar-refractivity contribution >= 4 is 23.4 Å². The van der Waals surface area contributed by atoms with Gasteiger partial charge in [0.1, 0.15) is 0 Å². The van der Waals surface area contributed by atoms with Gasteiger partial charge in [-0.05, 0) is 29.7 Å². The lowest BCUT2D eigenvalue weighted by molar-refractivity contribution is 0.572. The molecule has 0 fully saturated rings. The van der Waals surface area contributed by atoms with Gasteiger partial charge in [-0.15, -0.1) is 11.8 Å². The van der Waals surface area contributed by atoms with Crippen LogP contribution in [0.5, 0.6) is 0 Å². The summed E-state index contributed by atoms with van der Waals surface area (Å²) in [6, 6.07) is 16.7. The largest absolute Gasteiger partial charge is 0.327 e. The monoisotopic (exact) mass is 289 g/mol. The molecule has 3 heteroatoms. The topological polar surface area (TPSA) is 26.0 Å². The molecule has 0 saturated carbocycles. The lowest BCUT2D eigenvalue weighted by Gasteiger charge is -2.20. The number of nitrogens with two attached hydrogens (primary N) is 1. The van der Waals surface area contributed by atoms with Crippen LogP contribution in [0, 0.1) is 0 Å². The minimum atomic E-state index is 0.121. The van der Waals surface area contributed by atoms with E-state index in [1.165, 1.54) is 10.5 Å². The van der Waals surface area contributed by atoms with E-state index in [0.29, 0.717) is 5.92 Å². The van der Waals surface area contributed by atoms with Gasteiger partial charge in [-0.25, -0.2) is 0 Å². The molecule has 2 aromatic carbocycles. The zero-order valence-electron chi connectivity index (χ0n) is 10.6. The molecular formula is C16H16ClNS. The van der Waals surface area contributed by atoms with Crippen LogP contribution in [-0.2, 0) is 6.42 Å². The first-order chi connectivity index (χ1) is 9.25. The quantitative estimate of drug-likeness (QED) is 0.921. The zero-order valence-corrected chi connectivity index (χ0v) is 12.1. The Morgan fingerprint density at radius 2 is 1.89 bits per heavy atom. The molecule has 0 amide bonds. The lowest BCUT2D eigenvalue weighted by atomic mass is 9.90. The molecule has 2 atom stereocenters. The normalized spacial score (nSPS) is 19.2. The van der Waals surface area contributed by atoms with E-state index in [1.54, 1.807) is 0 Å². The Hall–Kier alpha value is -0.960. The summed E-state index contributed by atoms with van der Waals surface area (Å²) in [6.07, 6.45) is 0.833. The second kappa shape index (κ2) is 5.58. The Bertz CT molecular complexity index is 584. The Balaban J connectivity index is 1.79. The van der Waals surface area contributed by atoms with E-state index in [-0.39, 0.29) is 6.04 Å². The Labute approximate surface area is 123 Å². The fraction of sp³-hybridized carbons (Fsp3) is 0.250. The van der Waals surface area contributed by atoms with Crippen LogP contribution in [0.15, 0.2) is 53.4 Å². The molecule has 1 aliphatic heterocycles. The molecule has 0 spiro atoms. The first kappa shape index (κ1) is 13.0. The molecule has 19 heavy (non-hydrogen) atoms. The maximum absolute atomic E-state index is 6.42. The number of rotatable bonds is 3. The number of hydrogen-bond acceptors (Lipinski definition) is 2. The Morgan fingerprint density at radius 1 is 1.16 bits per heavy atom. The maximum Gasteiger partial charge on any atom is 0.0438 e. The number of fused-ring (bicyclic) bond motifs is 1. The molecular weight excluding hydrogens is 274 g/mol. The molecule has 1 heterocycles. The zero-order chi connectivity index (χ0) is 13.2. The minimum Gasteiger partial charge on any atom is -0.327 e. The van der Waals surface area contributed by atoms with Crippen molar-refractivity contribution in [3.05, 3.63) is 64.7 Å². The maximum atomic E-state index is 6.42. The van der Waals surface area contributed by atoms with Crippen molar-refractivity contribution in [2.24, 2.45) is 5.73 Å². The minimum absolute atomic E-state index is 0.121.